The van der Waals surface area contributed by atoms with E-state index in [1.807, 2.05) is 12.1 Å². The molecule has 1 aromatic heterocycles. The monoisotopic (exact) mass is 847 g/mol. The lowest BCUT2D eigenvalue weighted by Gasteiger charge is -2.35. The fourth-order valence-electron chi connectivity index (χ4n) is 7.10. The van der Waals surface area contributed by atoms with Gasteiger partial charge in [-0.05, 0) is 83.0 Å². The number of nitrogens with zero attached hydrogens (tertiary/aromatic N) is 4. The summed E-state index contributed by atoms with van der Waals surface area (Å²) in [6.07, 6.45) is 5.35. The number of aliphatic hydroxyl groups is 2. The van der Waals surface area contributed by atoms with Crippen LogP contribution in [0.4, 0.5) is 5.69 Å². The molecule has 0 spiro atoms. The lowest BCUT2D eigenvalue weighted by atomic mass is 9.91. The Labute approximate surface area is 338 Å². The smallest absolute Gasteiger partial charge is 0.335 e. The van der Waals surface area contributed by atoms with Crippen LogP contribution in [0.3, 0.4) is 0 Å². The Balaban J connectivity index is 1.14. The van der Waals surface area contributed by atoms with E-state index in [0.717, 1.165) is 53.6 Å². The molecule has 6 rings (SSSR count). The first-order chi connectivity index (χ1) is 27.0. The van der Waals surface area contributed by atoms with Crippen molar-refractivity contribution in [1.82, 2.24) is 15.2 Å². The number of ether oxygens (including phenoxy) is 2. The van der Waals surface area contributed by atoms with E-state index in [1.165, 1.54) is 17.4 Å². The van der Waals surface area contributed by atoms with Crippen molar-refractivity contribution < 1.29 is 39.5 Å². The van der Waals surface area contributed by atoms with Crippen molar-refractivity contribution >= 4 is 45.2 Å². The summed E-state index contributed by atoms with van der Waals surface area (Å²) in [5.74, 6) is -1.61. The lowest BCUT2D eigenvalue weighted by molar-refractivity contribution is -0.163. The molecule has 0 bridgehead atoms. The highest BCUT2D eigenvalue weighted by atomic mass is 79.9. The number of carboxylic acid groups (broad SMARTS) is 2. The van der Waals surface area contributed by atoms with Crippen LogP contribution in [-0.2, 0) is 35.8 Å². The second-order valence-electron chi connectivity index (χ2n) is 14.0. The maximum absolute atomic E-state index is 11.5. The highest BCUT2D eigenvalue weighted by molar-refractivity contribution is 9.10. The SMILES string of the molecule is N#Cc1cncc(COc2cc(OCc3cccc(-c4cccc5c4CCN5CCCN4CCC(O)(C(=O)O)CC4)c3Br)c(Cl)cc2CNC(CO)C(=O)O)c1. The topological polar surface area (TPSA) is 189 Å². The molecule has 3 aromatic carbocycles. The third-order valence-corrected chi connectivity index (χ3v) is 11.5. The fourth-order valence-corrected chi connectivity index (χ4v) is 7.93. The third kappa shape index (κ3) is 9.61. The van der Waals surface area contributed by atoms with Gasteiger partial charge in [0.05, 0.1) is 17.2 Å². The number of rotatable bonds is 17. The quantitative estimate of drug-likeness (QED) is 0.0911. The molecule has 56 heavy (non-hydrogen) atoms. The molecule has 5 N–H and O–H groups in total. The van der Waals surface area contributed by atoms with Crippen LogP contribution in [0.25, 0.3) is 11.1 Å². The summed E-state index contributed by atoms with van der Waals surface area (Å²) < 4.78 is 13.3. The zero-order valence-electron chi connectivity index (χ0n) is 30.6. The number of anilines is 1. The predicted octanol–water partition coefficient (Wildman–Crippen LogP) is 5.39. The number of nitriles is 1. The molecular formula is C41H43BrClN5O8. The third-order valence-electron chi connectivity index (χ3n) is 10.3. The van der Waals surface area contributed by atoms with Crippen LogP contribution < -0.4 is 19.7 Å². The molecule has 1 atom stereocenters. The number of hydrogen-bond acceptors (Lipinski definition) is 11. The Morgan fingerprint density at radius 2 is 1.73 bits per heavy atom. The van der Waals surface area contributed by atoms with Crippen molar-refractivity contribution in [3.05, 3.63) is 104 Å². The number of carbonyl (C=O) groups is 2. The standard InChI is InChI=1S/C41H43BrClN5O8/c42-38-28(25-56-37-18-36(55-24-27-16-26(19-44)20-45-21-27)29(17-33(37)43)22-46-34(23-49)39(50)51)4-1-6-32(38)30-5-2-7-35-31(30)8-13-48(35)12-3-11-47-14-9-41(54,10-15-47)40(52)53/h1-2,4-7,16-18,20-21,34,46,49,54H,3,8-15,22-25H2,(H,50,51)(H,52,53). The number of aliphatic carboxylic acids is 2. The Morgan fingerprint density at radius 1 is 0.982 bits per heavy atom. The van der Waals surface area contributed by atoms with Crippen molar-refractivity contribution in [2.45, 2.75) is 57.1 Å². The summed E-state index contributed by atoms with van der Waals surface area (Å²) in [7, 11) is 0. The number of fused-ring (bicyclic) bond motifs is 1. The van der Waals surface area contributed by atoms with Gasteiger partial charge in [-0.1, -0.05) is 41.9 Å². The fraction of sp³-hybridized carbons (Fsp3) is 0.366. The minimum Gasteiger partial charge on any atom is -0.488 e. The molecule has 15 heteroatoms. The van der Waals surface area contributed by atoms with Gasteiger partial charge in [0, 0.05) is 78.0 Å². The number of piperidine rings is 1. The molecule has 13 nitrogen and oxygen atoms in total. The second kappa shape index (κ2) is 18.5. The zero-order valence-corrected chi connectivity index (χ0v) is 32.9. The van der Waals surface area contributed by atoms with Crippen molar-refractivity contribution in [1.29, 1.82) is 5.26 Å². The summed E-state index contributed by atoms with van der Waals surface area (Å²) in [6, 6.07) is 18.2. The maximum atomic E-state index is 11.5. The maximum Gasteiger partial charge on any atom is 0.335 e. The first-order valence-corrected chi connectivity index (χ1v) is 19.5. The van der Waals surface area contributed by atoms with Crippen LogP contribution in [-0.4, -0.2) is 93.2 Å². The van der Waals surface area contributed by atoms with E-state index in [1.54, 1.807) is 24.4 Å². The van der Waals surface area contributed by atoms with Gasteiger partial charge in [-0.25, -0.2) is 4.79 Å². The molecule has 2 aliphatic rings. The number of benzene rings is 3. The van der Waals surface area contributed by atoms with Crippen molar-refractivity contribution in [3.63, 3.8) is 0 Å². The number of halogens is 2. The van der Waals surface area contributed by atoms with Crippen molar-refractivity contribution in [2.75, 3.05) is 44.2 Å². The molecule has 1 saturated heterocycles. The molecule has 4 aromatic rings. The summed E-state index contributed by atoms with van der Waals surface area (Å²) in [5, 5.41) is 50.9. The zero-order chi connectivity index (χ0) is 39.8. The van der Waals surface area contributed by atoms with E-state index in [2.05, 4.69) is 66.4 Å². The number of pyridine rings is 1. The lowest BCUT2D eigenvalue weighted by Crippen LogP contribution is -2.49. The number of aromatic nitrogens is 1. The van der Waals surface area contributed by atoms with E-state index < -0.39 is 30.2 Å². The molecular weight excluding hydrogens is 806 g/mol. The summed E-state index contributed by atoms with van der Waals surface area (Å²) >= 11 is 10.6. The van der Waals surface area contributed by atoms with E-state index in [-0.39, 0.29) is 37.6 Å². The Bertz CT molecular complexity index is 2100. The molecule has 1 fully saturated rings. The van der Waals surface area contributed by atoms with Gasteiger partial charge in [0.25, 0.3) is 0 Å². The average Bonchev–Trinajstić information content (AvgIpc) is 3.61. The molecule has 1 unspecified atom stereocenters. The number of nitrogens with one attached hydrogen (secondary N) is 1. The first kappa shape index (κ1) is 40.9. The number of carboxylic acids is 2. The van der Waals surface area contributed by atoms with E-state index in [4.69, 9.17) is 21.1 Å². The highest BCUT2D eigenvalue weighted by Gasteiger charge is 2.39. The van der Waals surface area contributed by atoms with Gasteiger partial charge >= 0.3 is 11.9 Å². The minimum absolute atomic E-state index is 0.0357. The van der Waals surface area contributed by atoms with Gasteiger partial charge < -0.3 is 39.7 Å². The summed E-state index contributed by atoms with van der Waals surface area (Å²) in [6.45, 7) is 3.43. The molecule has 2 aliphatic heterocycles. The van der Waals surface area contributed by atoms with Crippen molar-refractivity contribution in [2.24, 2.45) is 0 Å². The van der Waals surface area contributed by atoms with Crippen LogP contribution in [0.1, 0.15) is 47.1 Å². The molecule has 294 valence electrons. The number of aliphatic hydroxyl groups excluding tert-OH is 1. The molecule has 0 amide bonds. The van der Waals surface area contributed by atoms with Gasteiger partial charge in [0.2, 0.25) is 0 Å². The second-order valence-corrected chi connectivity index (χ2v) is 15.2. The summed E-state index contributed by atoms with van der Waals surface area (Å²) in [5.41, 5.74) is 5.50. The van der Waals surface area contributed by atoms with E-state index in [9.17, 15) is 35.3 Å². The van der Waals surface area contributed by atoms with Gasteiger partial charge in [-0.15, -0.1) is 0 Å². The van der Waals surface area contributed by atoms with Crippen LogP contribution in [0.5, 0.6) is 11.5 Å². The first-order valence-electron chi connectivity index (χ1n) is 18.3. The van der Waals surface area contributed by atoms with Crippen LogP contribution in [0.2, 0.25) is 5.02 Å². The average molecular weight is 849 g/mol. The van der Waals surface area contributed by atoms with E-state index in [0.29, 0.717) is 41.3 Å². The number of likely N-dealkylation sites (tertiary alicyclic amines) is 1. The molecule has 0 radical (unpaired) electrons. The van der Waals surface area contributed by atoms with Crippen molar-refractivity contribution in [3.8, 4) is 28.7 Å². The van der Waals surface area contributed by atoms with Crippen LogP contribution in [0, 0.1) is 11.3 Å². The van der Waals surface area contributed by atoms with E-state index >= 15 is 0 Å². The highest BCUT2D eigenvalue weighted by Crippen LogP contribution is 2.41. The largest absolute Gasteiger partial charge is 0.488 e. The molecule has 0 saturated carbocycles. The van der Waals surface area contributed by atoms with Gasteiger partial charge in [0.1, 0.15) is 36.8 Å². The van der Waals surface area contributed by atoms with Gasteiger partial charge in [-0.2, -0.15) is 5.26 Å². The summed E-state index contributed by atoms with van der Waals surface area (Å²) in [4.78, 5) is 31.6. The molecule has 0 aliphatic carbocycles. The Kier molecular flexibility index (Phi) is 13.5. The van der Waals surface area contributed by atoms with Gasteiger partial charge in [0.15, 0.2) is 5.60 Å². The van der Waals surface area contributed by atoms with Crippen LogP contribution >= 0.6 is 27.5 Å². The normalized spacial score (nSPS) is 15.5. The van der Waals surface area contributed by atoms with Crippen LogP contribution in [0.15, 0.2) is 71.5 Å². The Hall–Kier alpha value is -4.75. The number of hydrogen-bond donors (Lipinski definition) is 5. The predicted molar refractivity (Wildman–Crippen MR) is 213 cm³/mol. The van der Waals surface area contributed by atoms with Gasteiger partial charge in [-0.3, -0.25) is 15.1 Å². The Morgan fingerprint density at radius 3 is 2.46 bits per heavy atom. The minimum atomic E-state index is -1.61. The molecule has 3 heterocycles.